The second-order valence-electron chi connectivity index (χ2n) is 2.23. The van der Waals surface area contributed by atoms with Gasteiger partial charge in [0.2, 0.25) is 0 Å². The molecule has 0 bridgehead atoms. The predicted octanol–water partition coefficient (Wildman–Crippen LogP) is 2.57. The summed E-state index contributed by atoms with van der Waals surface area (Å²) in [7, 11) is 0. The average Bonchev–Trinajstić information content (AvgIpc) is 2.11. The van der Waals surface area contributed by atoms with Crippen LogP contribution in [0.2, 0.25) is 10.0 Å². The number of nitrogens with one attached hydrogen (secondary N) is 1. The largest absolute Gasteiger partial charge is 0.315 e. The molecule has 0 aromatic heterocycles. The molecule has 1 rings (SSSR count). The predicted molar refractivity (Wildman–Crippen MR) is 53.9 cm³/mol. The molecule has 4 heteroatoms. The number of amides is 1. The lowest BCUT2D eigenvalue weighted by molar-refractivity contribution is -0.111. The summed E-state index contributed by atoms with van der Waals surface area (Å²) in [5.74, 6) is 1.41. The van der Waals surface area contributed by atoms with Crippen molar-refractivity contribution in [3.63, 3.8) is 0 Å². The average molecular weight is 214 g/mol. The SMILES string of the molecule is C#CC(=O)Nc1ccc(Cl)c(Cl)c1. The van der Waals surface area contributed by atoms with E-state index in [0.29, 0.717) is 15.7 Å². The topological polar surface area (TPSA) is 29.1 Å². The standard InChI is InChI=1S/C9H5Cl2NO/c1-2-9(13)12-6-3-4-7(10)8(11)5-6/h1,3-5H,(H,12,13). The Morgan fingerprint density at radius 1 is 1.38 bits per heavy atom. The van der Waals surface area contributed by atoms with Crippen LogP contribution in [-0.2, 0) is 4.79 Å². The molecule has 0 radical (unpaired) electrons. The summed E-state index contributed by atoms with van der Waals surface area (Å²) in [6, 6.07) is 4.72. The summed E-state index contributed by atoms with van der Waals surface area (Å²) in [6.07, 6.45) is 4.87. The zero-order valence-electron chi connectivity index (χ0n) is 6.47. The fourth-order valence-electron chi connectivity index (χ4n) is 0.741. The lowest BCUT2D eigenvalue weighted by atomic mass is 10.3. The quantitative estimate of drug-likeness (QED) is 0.715. The van der Waals surface area contributed by atoms with E-state index in [1.807, 2.05) is 5.92 Å². The summed E-state index contributed by atoms with van der Waals surface area (Å²) in [5.41, 5.74) is 0.525. The fourth-order valence-corrected chi connectivity index (χ4v) is 1.04. The second kappa shape index (κ2) is 4.18. The van der Waals surface area contributed by atoms with Gasteiger partial charge in [0, 0.05) is 5.69 Å². The molecule has 0 unspecified atom stereocenters. The first kappa shape index (κ1) is 9.91. The molecule has 0 heterocycles. The first-order chi connectivity index (χ1) is 6.13. The number of hydrogen-bond acceptors (Lipinski definition) is 1. The monoisotopic (exact) mass is 213 g/mol. The van der Waals surface area contributed by atoms with Crippen molar-refractivity contribution < 1.29 is 4.79 Å². The van der Waals surface area contributed by atoms with Crippen LogP contribution in [0.15, 0.2) is 18.2 Å². The zero-order valence-corrected chi connectivity index (χ0v) is 7.99. The number of carbonyl (C=O) groups is 1. The van der Waals surface area contributed by atoms with Crippen molar-refractivity contribution in [3.05, 3.63) is 28.2 Å². The van der Waals surface area contributed by atoms with Crippen LogP contribution in [0, 0.1) is 12.3 Å². The Labute approximate surface area is 85.8 Å². The lowest BCUT2D eigenvalue weighted by Gasteiger charge is -2.01. The van der Waals surface area contributed by atoms with Crippen LogP contribution >= 0.6 is 23.2 Å². The van der Waals surface area contributed by atoms with Crippen molar-refractivity contribution >= 4 is 34.8 Å². The number of carbonyl (C=O) groups excluding carboxylic acids is 1. The van der Waals surface area contributed by atoms with Crippen molar-refractivity contribution in [2.45, 2.75) is 0 Å². The maximum absolute atomic E-state index is 10.8. The first-order valence-electron chi connectivity index (χ1n) is 3.36. The van der Waals surface area contributed by atoms with Crippen LogP contribution < -0.4 is 5.32 Å². The van der Waals surface area contributed by atoms with Crippen molar-refractivity contribution in [3.8, 4) is 12.3 Å². The van der Waals surface area contributed by atoms with Gasteiger partial charge < -0.3 is 5.32 Å². The Kier molecular flexibility index (Phi) is 3.18. The molecular weight excluding hydrogens is 209 g/mol. The minimum atomic E-state index is -0.515. The minimum Gasteiger partial charge on any atom is -0.315 e. The van der Waals surface area contributed by atoms with Gasteiger partial charge in [-0.25, -0.2) is 0 Å². The normalized spacial score (nSPS) is 9.00. The van der Waals surface area contributed by atoms with E-state index in [1.165, 1.54) is 6.07 Å². The molecule has 0 saturated heterocycles. The highest BCUT2D eigenvalue weighted by molar-refractivity contribution is 6.42. The molecule has 0 atom stereocenters. The maximum Gasteiger partial charge on any atom is 0.300 e. The van der Waals surface area contributed by atoms with E-state index in [0.717, 1.165) is 0 Å². The Balaban J connectivity index is 2.87. The van der Waals surface area contributed by atoms with Crippen LogP contribution in [0.4, 0.5) is 5.69 Å². The molecule has 1 aromatic rings. The number of anilines is 1. The number of hydrogen-bond donors (Lipinski definition) is 1. The summed E-state index contributed by atoms with van der Waals surface area (Å²) in [5, 5.41) is 3.24. The molecule has 2 nitrogen and oxygen atoms in total. The van der Waals surface area contributed by atoms with Crippen LogP contribution in [0.1, 0.15) is 0 Å². The van der Waals surface area contributed by atoms with Crippen LogP contribution in [0.25, 0.3) is 0 Å². The third kappa shape index (κ3) is 2.66. The van der Waals surface area contributed by atoms with E-state index in [-0.39, 0.29) is 0 Å². The summed E-state index contributed by atoms with van der Waals surface area (Å²) < 4.78 is 0. The molecule has 0 fully saturated rings. The summed E-state index contributed by atoms with van der Waals surface area (Å²) >= 11 is 11.4. The number of terminal acetylenes is 1. The molecule has 1 amide bonds. The van der Waals surface area contributed by atoms with Crippen molar-refractivity contribution in [2.24, 2.45) is 0 Å². The van der Waals surface area contributed by atoms with E-state index >= 15 is 0 Å². The molecule has 66 valence electrons. The van der Waals surface area contributed by atoms with E-state index in [1.54, 1.807) is 12.1 Å². The van der Waals surface area contributed by atoms with Crippen LogP contribution in [0.5, 0.6) is 0 Å². The van der Waals surface area contributed by atoms with Crippen molar-refractivity contribution in [1.29, 1.82) is 0 Å². The minimum absolute atomic E-state index is 0.372. The molecule has 0 saturated carbocycles. The molecule has 0 spiro atoms. The van der Waals surface area contributed by atoms with Gasteiger partial charge in [0.15, 0.2) is 0 Å². The van der Waals surface area contributed by atoms with E-state index < -0.39 is 5.91 Å². The zero-order chi connectivity index (χ0) is 9.84. The Hall–Kier alpha value is -1.17. The van der Waals surface area contributed by atoms with Gasteiger partial charge in [-0.2, -0.15) is 0 Å². The van der Waals surface area contributed by atoms with Gasteiger partial charge >= 0.3 is 0 Å². The highest BCUT2D eigenvalue weighted by Crippen LogP contribution is 2.24. The lowest BCUT2D eigenvalue weighted by Crippen LogP contribution is -2.07. The maximum atomic E-state index is 10.8. The number of benzene rings is 1. The van der Waals surface area contributed by atoms with Gasteiger partial charge in [-0.15, -0.1) is 6.42 Å². The number of halogens is 2. The van der Waals surface area contributed by atoms with Gasteiger partial charge in [0.25, 0.3) is 5.91 Å². The second-order valence-corrected chi connectivity index (χ2v) is 3.04. The highest BCUT2D eigenvalue weighted by atomic mass is 35.5. The number of rotatable bonds is 1. The molecule has 0 aliphatic heterocycles. The smallest absolute Gasteiger partial charge is 0.300 e. The third-order valence-corrected chi connectivity index (χ3v) is 2.05. The highest BCUT2D eigenvalue weighted by Gasteiger charge is 2.01. The molecule has 0 aliphatic rings. The van der Waals surface area contributed by atoms with Gasteiger partial charge in [-0.3, -0.25) is 4.79 Å². The van der Waals surface area contributed by atoms with Gasteiger partial charge in [0.05, 0.1) is 10.0 Å². The third-order valence-electron chi connectivity index (χ3n) is 1.31. The van der Waals surface area contributed by atoms with E-state index in [4.69, 9.17) is 29.6 Å². The fraction of sp³-hybridized carbons (Fsp3) is 0. The van der Waals surface area contributed by atoms with E-state index in [2.05, 4.69) is 5.32 Å². The molecular formula is C9H5Cl2NO. The van der Waals surface area contributed by atoms with Crippen LogP contribution in [-0.4, -0.2) is 5.91 Å². The Morgan fingerprint density at radius 3 is 2.62 bits per heavy atom. The van der Waals surface area contributed by atoms with Gasteiger partial charge in [-0.05, 0) is 24.1 Å². The van der Waals surface area contributed by atoms with Crippen molar-refractivity contribution in [1.82, 2.24) is 0 Å². The summed E-state index contributed by atoms with van der Waals surface area (Å²) in [6.45, 7) is 0. The van der Waals surface area contributed by atoms with Crippen molar-refractivity contribution in [2.75, 3.05) is 5.32 Å². The molecule has 13 heavy (non-hydrogen) atoms. The Morgan fingerprint density at radius 2 is 2.08 bits per heavy atom. The van der Waals surface area contributed by atoms with Gasteiger partial charge in [0.1, 0.15) is 0 Å². The first-order valence-corrected chi connectivity index (χ1v) is 4.11. The Bertz CT molecular complexity index is 382. The molecule has 1 N–H and O–H groups in total. The summed E-state index contributed by atoms with van der Waals surface area (Å²) in [4.78, 5) is 10.8. The van der Waals surface area contributed by atoms with E-state index in [9.17, 15) is 4.79 Å². The molecule has 1 aromatic carbocycles. The van der Waals surface area contributed by atoms with Gasteiger partial charge in [-0.1, -0.05) is 23.2 Å². The molecule has 0 aliphatic carbocycles. The van der Waals surface area contributed by atoms with Crippen LogP contribution in [0.3, 0.4) is 0 Å².